The van der Waals surface area contributed by atoms with E-state index < -0.39 is 23.3 Å². The summed E-state index contributed by atoms with van der Waals surface area (Å²) in [5.41, 5.74) is 2.22. The number of rotatable bonds is 3. The van der Waals surface area contributed by atoms with Gasteiger partial charge in [0, 0.05) is 41.9 Å². The van der Waals surface area contributed by atoms with E-state index in [1.54, 1.807) is 62.8 Å². The Morgan fingerprint density at radius 1 is 0.811 bits per heavy atom. The second kappa shape index (κ2) is 13.3. The van der Waals surface area contributed by atoms with Gasteiger partial charge in [0.2, 0.25) is 0 Å². The third-order valence-electron chi connectivity index (χ3n) is 4.62. The van der Waals surface area contributed by atoms with Crippen LogP contribution in [0.1, 0.15) is 11.4 Å². The molecule has 0 saturated carbocycles. The molecule has 37 heavy (non-hydrogen) atoms. The number of benzene rings is 2. The normalized spacial score (nSPS) is 9.84. The number of aromatic nitrogens is 5. The summed E-state index contributed by atoms with van der Waals surface area (Å²) in [5.74, 6) is -2.73. The van der Waals surface area contributed by atoms with Gasteiger partial charge < -0.3 is 16.8 Å². The minimum atomic E-state index is -0.724. The molecule has 0 spiro atoms. The van der Waals surface area contributed by atoms with Gasteiger partial charge in [-0.15, -0.1) is 18.2 Å². The number of nitrogens with zero attached hydrogens (tertiary/aromatic N) is 6. The SMILES string of the molecule is Cc1ccn(-c2[c-]c(-n3ccc(C)n3)c(F)cc2F)n1.Fc1c[c-]c(-c2ccccn2)c(F)c1.[C-]#N.[Ir+3]. The Morgan fingerprint density at radius 2 is 1.38 bits per heavy atom. The first-order valence-corrected chi connectivity index (χ1v) is 10.3. The maximum atomic E-state index is 13.9. The van der Waals surface area contributed by atoms with E-state index in [1.165, 1.54) is 9.36 Å². The fraction of sp³-hybridized carbons (Fsp3) is 0.0769. The fourth-order valence-electron chi connectivity index (χ4n) is 3.04. The van der Waals surface area contributed by atoms with Gasteiger partial charge in [0.1, 0.15) is 0 Å². The summed E-state index contributed by atoms with van der Waals surface area (Å²) in [5, 5.41) is 14.5. The summed E-state index contributed by atoms with van der Waals surface area (Å²) in [6.45, 7) is 8.32. The molecule has 0 aliphatic carbocycles. The van der Waals surface area contributed by atoms with Gasteiger partial charge in [0.05, 0.1) is 11.4 Å². The van der Waals surface area contributed by atoms with Crippen molar-refractivity contribution in [1.29, 1.82) is 5.26 Å². The Morgan fingerprint density at radius 3 is 1.81 bits per heavy atom. The molecule has 2 aromatic carbocycles. The van der Waals surface area contributed by atoms with Crippen molar-refractivity contribution >= 4 is 0 Å². The first-order chi connectivity index (χ1) is 17.3. The molecular formula is C26H17F4IrN6. The van der Waals surface area contributed by atoms with Gasteiger partial charge in [-0.05, 0) is 49.1 Å². The van der Waals surface area contributed by atoms with Crippen molar-refractivity contribution in [3.63, 3.8) is 0 Å². The molecule has 0 saturated heterocycles. The molecule has 3 heterocycles. The molecule has 6 nitrogen and oxygen atoms in total. The molecule has 11 heteroatoms. The van der Waals surface area contributed by atoms with Gasteiger partial charge in [0.15, 0.2) is 0 Å². The smallest absolute Gasteiger partial charge is 0.512 e. The van der Waals surface area contributed by atoms with E-state index in [-0.39, 0.29) is 37.0 Å². The Balaban J connectivity index is 0.000000250. The van der Waals surface area contributed by atoms with Gasteiger partial charge in [0.25, 0.3) is 0 Å². The predicted octanol–water partition coefficient (Wildman–Crippen LogP) is 5.67. The number of pyridine rings is 1. The van der Waals surface area contributed by atoms with Gasteiger partial charge in [-0.3, -0.25) is 26.9 Å². The number of hydrogen-bond acceptors (Lipinski definition) is 4. The molecule has 0 aliphatic heterocycles. The van der Waals surface area contributed by atoms with Crippen molar-refractivity contribution in [2.24, 2.45) is 0 Å². The first-order valence-electron chi connectivity index (χ1n) is 10.3. The van der Waals surface area contributed by atoms with E-state index in [0.29, 0.717) is 5.69 Å². The minimum Gasteiger partial charge on any atom is -0.512 e. The molecule has 3 aromatic heterocycles. The van der Waals surface area contributed by atoms with Gasteiger partial charge in [-0.1, -0.05) is 29.8 Å². The zero-order chi connectivity index (χ0) is 26.2. The minimum absolute atomic E-state index is 0. The molecule has 0 radical (unpaired) electrons. The third kappa shape index (κ3) is 7.19. The molecule has 0 amide bonds. The molecule has 188 valence electrons. The van der Waals surface area contributed by atoms with E-state index in [9.17, 15) is 17.6 Å². The zero-order valence-corrected chi connectivity index (χ0v) is 21.8. The molecule has 0 N–H and O–H groups in total. The van der Waals surface area contributed by atoms with E-state index >= 15 is 0 Å². The van der Waals surface area contributed by atoms with Crippen LogP contribution >= 0.6 is 0 Å². The average molecular weight is 682 g/mol. The first kappa shape index (κ1) is 29.1. The predicted molar refractivity (Wildman–Crippen MR) is 122 cm³/mol. The van der Waals surface area contributed by atoms with Crippen molar-refractivity contribution < 1.29 is 37.7 Å². The molecule has 0 fully saturated rings. The van der Waals surface area contributed by atoms with Crippen molar-refractivity contribution in [3.05, 3.63) is 120 Å². The van der Waals surface area contributed by atoms with Crippen LogP contribution in [0.25, 0.3) is 22.6 Å². The van der Waals surface area contributed by atoms with Crippen molar-refractivity contribution in [2.75, 3.05) is 0 Å². The van der Waals surface area contributed by atoms with Crippen LogP contribution in [0.4, 0.5) is 17.6 Å². The molecule has 0 bridgehead atoms. The van der Waals surface area contributed by atoms with Gasteiger partial charge >= 0.3 is 20.1 Å². The second-order valence-corrected chi connectivity index (χ2v) is 7.22. The van der Waals surface area contributed by atoms with Crippen LogP contribution in [0, 0.1) is 61.1 Å². The molecule has 5 aromatic rings. The van der Waals surface area contributed by atoms with Crippen LogP contribution < -0.4 is 0 Å². The summed E-state index contributed by atoms with van der Waals surface area (Å²) < 4.78 is 56.2. The topological polar surface area (TPSA) is 72.3 Å². The van der Waals surface area contributed by atoms with Crippen molar-refractivity contribution in [1.82, 2.24) is 24.5 Å². The largest absolute Gasteiger partial charge is 3.00 e. The Hall–Kier alpha value is -4.13. The van der Waals surface area contributed by atoms with Crippen LogP contribution in [-0.4, -0.2) is 24.5 Å². The second-order valence-electron chi connectivity index (χ2n) is 7.22. The molecular weight excluding hydrogens is 665 g/mol. The monoisotopic (exact) mass is 682 g/mol. The summed E-state index contributed by atoms with van der Waals surface area (Å²) in [6, 6.07) is 16.5. The number of hydrogen-bond donors (Lipinski definition) is 0. The van der Waals surface area contributed by atoms with Crippen LogP contribution in [0.15, 0.2) is 67.1 Å². The summed E-state index contributed by atoms with van der Waals surface area (Å²) >= 11 is 0. The molecule has 0 aliphatic rings. The van der Waals surface area contributed by atoms with Gasteiger partial charge in [-0.2, -0.15) is 10.2 Å². The molecule has 0 unspecified atom stereocenters. The summed E-state index contributed by atoms with van der Waals surface area (Å²) in [4.78, 5) is 3.95. The summed E-state index contributed by atoms with van der Waals surface area (Å²) in [6.07, 6.45) is 4.74. The van der Waals surface area contributed by atoms with E-state index in [4.69, 9.17) is 11.8 Å². The van der Waals surface area contributed by atoms with E-state index in [2.05, 4.69) is 27.3 Å². The maximum Gasteiger partial charge on any atom is 3.00 e. The standard InChI is InChI=1S/C14H11F2N4.C11H6F2N.CN.Ir/c1-9-3-5-19(17-9)13-8-14(12(16)7-11(13)15)20-6-4-10(2)18-20;12-8-4-5-9(10(13)7-8)11-3-1-2-6-14-11;1-2;/h3-7H,1-2H3;1-4,6-7H;;/q3*-1;+3. The van der Waals surface area contributed by atoms with Crippen LogP contribution in [0.3, 0.4) is 0 Å². The molecule has 0 atom stereocenters. The van der Waals surface area contributed by atoms with E-state index in [1.807, 2.05) is 0 Å². The van der Waals surface area contributed by atoms with Crippen molar-refractivity contribution in [3.8, 4) is 22.6 Å². The summed E-state index contributed by atoms with van der Waals surface area (Å²) in [7, 11) is 0. The van der Waals surface area contributed by atoms with Gasteiger partial charge in [-0.25, -0.2) is 0 Å². The molecule has 5 rings (SSSR count). The zero-order valence-electron chi connectivity index (χ0n) is 19.4. The third-order valence-corrected chi connectivity index (χ3v) is 4.62. The van der Waals surface area contributed by atoms with E-state index in [0.717, 1.165) is 29.6 Å². The average Bonchev–Trinajstić information content (AvgIpc) is 3.49. The van der Waals surface area contributed by atoms with Crippen LogP contribution in [0.5, 0.6) is 0 Å². The number of aryl methyl sites for hydroxylation is 2. The maximum absolute atomic E-state index is 13.9. The quantitative estimate of drug-likeness (QED) is 0.182. The van der Waals surface area contributed by atoms with Crippen molar-refractivity contribution in [2.45, 2.75) is 13.8 Å². The Labute approximate surface area is 224 Å². The Kier molecular flexibility index (Phi) is 10.4. The Bertz CT molecular complexity index is 1420. The van der Waals surface area contributed by atoms with Crippen LogP contribution in [0.2, 0.25) is 0 Å². The number of halogens is 4. The van der Waals surface area contributed by atoms with Crippen LogP contribution in [-0.2, 0) is 20.1 Å². The fourth-order valence-corrected chi connectivity index (χ4v) is 3.04.